The molecule has 2 rings (SSSR count). The molecule has 0 fully saturated rings. The van der Waals surface area contributed by atoms with E-state index in [4.69, 9.17) is 9.47 Å². The van der Waals surface area contributed by atoms with E-state index in [1.807, 2.05) is 6.07 Å². The van der Waals surface area contributed by atoms with Crippen LogP contribution in [0.1, 0.15) is 11.7 Å². The molecule has 0 aliphatic rings. The van der Waals surface area contributed by atoms with E-state index in [1.54, 1.807) is 38.4 Å². The van der Waals surface area contributed by atoms with Crippen molar-refractivity contribution in [1.82, 2.24) is 4.90 Å². The van der Waals surface area contributed by atoms with Crippen LogP contribution in [0.5, 0.6) is 11.5 Å². The van der Waals surface area contributed by atoms with Gasteiger partial charge in [0.15, 0.2) is 11.5 Å². The maximum absolute atomic E-state index is 12.5. The Hall–Kier alpha value is -3.09. The molecule has 0 aliphatic carbocycles. The van der Waals surface area contributed by atoms with Crippen molar-refractivity contribution < 1.29 is 19.2 Å². The average Bonchev–Trinajstić information content (AvgIpc) is 2.59. The van der Waals surface area contributed by atoms with Gasteiger partial charge in [-0.3, -0.25) is 14.9 Å². The number of benzene rings is 2. The highest BCUT2D eigenvalue weighted by atomic mass is 16.6. The van der Waals surface area contributed by atoms with Crippen molar-refractivity contribution in [2.75, 3.05) is 21.2 Å². The molecular weight excluding hydrogens is 312 g/mol. The zero-order valence-electron chi connectivity index (χ0n) is 13.6. The van der Waals surface area contributed by atoms with Crippen LogP contribution < -0.4 is 9.47 Å². The van der Waals surface area contributed by atoms with Crippen LogP contribution in [-0.2, 0) is 4.79 Å². The van der Waals surface area contributed by atoms with Crippen LogP contribution in [0.2, 0.25) is 0 Å². The summed E-state index contributed by atoms with van der Waals surface area (Å²) in [6.07, 6.45) is -0.933. The first kappa shape index (κ1) is 17.3. The summed E-state index contributed by atoms with van der Waals surface area (Å²) in [7, 11) is 4.66. The van der Waals surface area contributed by atoms with Crippen molar-refractivity contribution in [3.8, 4) is 11.5 Å². The quantitative estimate of drug-likeness (QED) is 0.601. The van der Waals surface area contributed by atoms with Crippen molar-refractivity contribution >= 4 is 11.6 Å². The fourth-order valence-corrected chi connectivity index (χ4v) is 2.12. The van der Waals surface area contributed by atoms with Gasteiger partial charge in [-0.05, 0) is 6.07 Å². The normalized spacial score (nSPS) is 11.5. The highest BCUT2D eigenvalue weighted by molar-refractivity contribution is 5.82. The first-order valence-electron chi connectivity index (χ1n) is 7.19. The van der Waals surface area contributed by atoms with E-state index >= 15 is 0 Å². The number of nitro groups is 1. The number of hydrogen-bond acceptors (Lipinski definition) is 5. The van der Waals surface area contributed by atoms with E-state index in [1.165, 1.54) is 30.2 Å². The molecule has 2 aromatic carbocycles. The van der Waals surface area contributed by atoms with Gasteiger partial charge in [0.1, 0.15) is 0 Å². The third-order valence-electron chi connectivity index (χ3n) is 3.37. The number of carbonyl (C=O) groups is 1. The maximum Gasteiger partial charge on any atom is 0.273 e. The second kappa shape index (κ2) is 7.45. The number of amides is 1. The third kappa shape index (κ3) is 3.81. The van der Waals surface area contributed by atoms with Crippen molar-refractivity contribution in [2.24, 2.45) is 0 Å². The Morgan fingerprint density at radius 1 is 1.12 bits per heavy atom. The summed E-state index contributed by atoms with van der Waals surface area (Å²) in [6, 6.07) is 12.9. The molecule has 0 heterocycles. The Morgan fingerprint density at radius 2 is 1.79 bits per heavy atom. The molecule has 24 heavy (non-hydrogen) atoms. The Labute approximate surface area is 139 Å². The number of rotatable bonds is 6. The monoisotopic (exact) mass is 330 g/mol. The molecule has 0 spiro atoms. The number of hydrogen-bond donors (Lipinski definition) is 0. The minimum absolute atomic E-state index is 0.135. The Morgan fingerprint density at radius 3 is 2.33 bits per heavy atom. The van der Waals surface area contributed by atoms with Crippen LogP contribution in [0.3, 0.4) is 0 Å². The number of ether oxygens (including phenoxy) is 2. The SMILES string of the molecule is COc1ccc([N+](=O)[O-])cc1OC(C(=O)N(C)C)c1ccccc1. The van der Waals surface area contributed by atoms with Crippen LogP contribution in [0.4, 0.5) is 5.69 Å². The molecule has 0 aromatic heterocycles. The van der Waals surface area contributed by atoms with E-state index in [0.717, 1.165) is 0 Å². The lowest BCUT2D eigenvalue weighted by Crippen LogP contribution is -2.31. The molecule has 0 aliphatic heterocycles. The molecule has 0 N–H and O–H groups in total. The number of nitrogens with zero attached hydrogens (tertiary/aromatic N) is 2. The smallest absolute Gasteiger partial charge is 0.273 e. The van der Waals surface area contributed by atoms with Crippen LogP contribution in [-0.4, -0.2) is 36.9 Å². The molecule has 126 valence electrons. The zero-order valence-corrected chi connectivity index (χ0v) is 13.6. The summed E-state index contributed by atoms with van der Waals surface area (Å²) < 4.78 is 11.0. The number of non-ortho nitro benzene ring substituents is 1. The Bertz CT molecular complexity index is 731. The van der Waals surface area contributed by atoms with Gasteiger partial charge in [-0.15, -0.1) is 0 Å². The second-order valence-corrected chi connectivity index (χ2v) is 5.23. The Balaban J connectivity index is 2.44. The molecule has 0 saturated heterocycles. The number of methoxy groups -OCH3 is 1. The summed E-state index contributed by atoms with van der Waals surface area (Å²) in [4.78, 5) is 24.4. The molecule has 1 atom stereocenters. The average molecular weight is 330 g/mol. The lowest BCUT2D eigenvalue weighted by molar-refractivity contribution is -0.385. The van der Waals surface area contributed by atoms with Gasteiger partial charge in [-0.2, -0.15) is 0 Å². The van der Waals surface area contributed by atoms with Gasteiger partial charge in [0.25, 0.3) is 11.6 Å². The molecule has 7 heteroatoms. The lowest BCUT2D eigenvalue weighted by atomic mass is 10.1. The predicted octanol–water partition coefficient (Wildman–Crippen LogP) is 2.81. The van der Waals surface area contributed by atoms with Gasteiger partial charge in [-0.25, -0.2) is 0 Å². The van der Waals surface area contributed by atoms with Crippen molar-refractivity contribution in [1.29, 1.82) is 0 Å². The maximum atomic E-state index is 12.5. The highest BCUT2D eigenvalue weighted by Crippen LogP contribution is 2.35. The van der Waals surface area contributed by atoms with Crippen LogP contribution in [0.25, 0.3) is 0 Å². The Kier molecular flexibility index (Phi) is 5.36. The molecule has 0 saturated carbocycles. The molecule has 0 bridgehead atoms. The second-order valence-electron chi connectivity index (χ2n) is 5.23. The third-order valence-corrected chi connectivity index (χ3v) is 3.37. The van der Waals surface area contributed by atoms with Gasteiger partial charge in [0.05, 0.1) is 18.1 Å². The van der Waals surface area contributed by atoms with E-state index in [9.17, 15) is 14.9 Å². The van der Waals surface area contributed by atoms with Crippen LogP contribution >= 0.6 is 0 Å². The number of nitro benzene ring substituents is 1. The number of likely N-dealkylation sites (N-methyl/N-ethyl adjacent to an activating group) is 1. The van der Waals surface area contributed by atoms with Crippen molar-refractivity contribution in [3.05, 3.63) is 64.2 Å². The van der Waals surface area contributed by atoms with Gasteiger partial charge >= 0.3 is 0 Å². The van der Waals surface area contributed by atoms with Gasteiger partial charge in [0, 0.05) is 25.7 Å². The number of carbonyl (C=O) groups excluding carboxylic acids is 1. The summed E-state index contributed by atoms with van der Waals surface area (Å²) in [6.45, 7) is 0. The highest BCUT2D eigenvalue weighted by Gasteiger charge is 2.26. The van der Waals surface area contributed by atoms with E-state index < -0.39 is 11.0 Å². The van der Waals surface area contributed by atoms with Gasteiger partial charge < -0.3 is 14.4 Å². The molecular formula is C17H18N2O5. The summed E-state index contributed by atoms with van der Waals surface area (Å²) in [5, 5.41) is 11.0. The lowest BCUT2D eigenvalue weighted by Gasteiger charge is -2.23. The van der Waals surface area contributed by atoms with E-state index in [2.05, 4.69) is 0 Å². The summed E-state index contributed by atoms with van der Waals surface area (Å²) >= 11 is 0. The first-order valence-corrected chi connectivity index (χ1v) is 7.19. The van der Waals surface area contributed by atoms with Crippen molar-refractivity contribution in [2.45, 2.75) is 6.10 Å². The van der Waals surface area contributed by atoms with Crippen LogP contribution in [0.15, 0.2) is 48.5 Å². The predicted molar refractivity (Wildman–Crippen MR) is 88.2 cm³/mol. The fourth-order valence-electron chi connectivity index (χ4n) is 2.12. The van der Waals surface area contributed by atoms with Crippen molar-refractivity contribution in [3.63, 3.8) is 0 Å². The van der Waals surface area contributed by atoms with E-state index in [0.29, 0.717) is 11.3 Å². The molecule has 1 amide bonds. The van der Waals surface area contributed by atoms with E-state index in [-0.39, 0.29) is 17.3 Å². The fraction of sp³-hybridized carbons (Fsp3) is 0.235. The molecule has 0 radical (unpaired) electrons. The standard InChI is InChI=1S/C17H18N2O5/c1-18(2)17(20)16(12-7-5-4-6-8-12)24-15-11-13(19(21)22)9-10-14(15)23-3/h4-11,16H,1-3H3. The minimum Gasteiger partial charge on any atom is -0.493 e. The topological polar surface area (TPSA) is 81.9 Å². The van der Waals surface area contributed by atoms with Crippen LogP contribution in [0, 0.1) is 10.1 Å². The van der Waals surface area contributed by atoms with Gasteiger partial charge in [0.2, 0.25) is 6.10 Å². The minimum atomic E-state index is -0.933. The summed E-state index contributed by atoms with van der Waals surface area (Å²) in [5.74, 6) is 0.165. The molecule has 7 nitrogen and oxygen atoms in total. The molecule has 2 aromatic rings. The zero-order chi connectivity index (χ0) is 17.7. The van der Waals surface area contributed by atoms with Gasteiger partial charge in [-0.1, -0.05) is 30.3 Å². The largest absolute Gasteiger partial charge is 0.493 e. The first-order chi connectivity index (χ1) is 11.4. The molecule has 1 unspecified atom stereocenters. The summed E-state index contributed by atoms with van der Waals surface area (Å²) in [5.41, 5.74) is 0.500.